The van der Waals surface area contributed by atoms with E-state index < -0.39 is 10.0 Å². The summed E-state index contributed by atoms with van der Waals surface area (Å²) in [6, 6.07) is 12.1. The van der Waals surface area contributed by atoms with E-state index in [9.17, 15) is 17.6 Å². The van der Waals surface area contributed by atoms with Crippen LogP contribution in [0.2, 0.25) is 0 Å². The maximum Gasteiger partial charge on any atom is 0.254 e. The first-order chi connectivity index (χ1) is 12.8. The van der Waals surface area contributed by atoms with Crippen molar-refractivity contribution in [2.75, 3.05) is 0 Å². The smallest absolute Gasteiger partial charge is 0.254 e. The van der Waals surface area contributed by atoms with Crippen molar-refractivity contribution >= 4 is 15.9 Å². The van der Waals surface area contributed by atoms with Crippen LogP contribution in [0.5, 0.6) is 0 Å². The molecule has 1 saturated carbocycles. The van der Waals surface area contributed by atoms with Gasteiger partial charge in [-0.3, -0.25) is 4.79 Å². The molecule has 0 radical (unpaired) electrons. The highest BCUT2D eigenvalue weighted by atomic mass is 32.2. The van der Waals surface area contributed by atoms with Crippen molar-refractivity contribution in [2.24, 2.45) is 0 Å². The van der Waals surface area contributed by atoms with Gasteiger partial charge in [0.05, 0.1) is 4.90 Å². The summed E-state index contributed by atoms with van der Waals surface area (Å²) in [5.74, 6) is -0.591. The number of benzene rings is 2. The topological polar surface area (TPSA) is 66.5 Å². The van der Waals surface area contributed by atoms with Gasteiger partial charge >= 0.3 is 0 Å². The first kappa shape index (κ1) is 19.5. The fourth-order valence-electron chi connectivity index (χ4n) is 2.93. The Morgan fingerprint density at radius 1 is 1.19 bits per heavy atom. The highest BCUT2D eigenvalue weighted by Crippen LogP contribution is 2.30. The summed E-state index contributed by atoms with van der Waals surface area (Å²) >= 11 is 0. The Kier molecular flexibility index (Phi) is 5.62. The number of hydrogen-bond donors (Lipinski definition) is 1. The molecule has 1 aliphatic carbocycles. The second-order valence-corrected chi connectivity index (χ2v) is 8.81. The number of hydrogen-bond acceptors (Lipinski definition) is 3. The van der Waals surface area contributed by atoms with E-state index >= 15 is 0 Å². The van der Waals surface area contributed by atoms with Gasteiger partial charge in [-0.25, -0.2) is 17.5 Å². The molecule has 1 aliphatic rings. The molecule has 3 rings (SSSR count). The van der Waals surface area contributed by atoms with Gasteiger partial charge in [-0.2, -0.15) is 0 Å². The SMILES string of the molecule is CC(C)NS(=O)(=O)c1cccc(C(=O)N(Cc2cccc(F)c2)C2CC2)c1. The molecule has 1 N–H and O–H groups in total. The van der Waals surface area contributed by atoms with E-state index in [0.29, 0.717) is 17.7 Å². The van der Waals surface area contributed by atoms with E-state index in [1.165, 1.54) is 24.3 Å². The zero-order chi connectivity index (χ0) is 19.6. The van der Waals surface area contributed by atoms with Gasteiger partial charge in [-0.05, 0) is 62.6 Å². The van der Waals surface area contributed by atoms with Crippen molar-refractivity contribution in [3.05, 3.63) is 65.5 Å². The molecular formula is C20H23FN2O3S. The minimum Gasteiger partial charge on any atom is -0.331 e. The van der Waals surface area contributed by atoms with E-state index in [-0.39, 0.29) is 28.7 Å². The Hall–Kier alpha value is -2.25. The van der Waals surface area contributed by atoms with Crippen LogP contribution in [0.3, 0.4) is 0 Å². The molecule has 144 valence electrons. The number of rotatable bonds is 7. The van der Waals surface area contributed by atoms with Crippen LogP contribution < -0.4 is 4.72 Å². The van der Waals surface area contributed by atoms with Gasteiger partial charge in [0.1, 0.15) is 5.82 Å². The van der Waals surface area contributed by atoms with Crippen molar-refractivity contribution in [2.45, 2.75) is 50.2 Å². The quantitative estimate of drug-likeness (QED) is 0.789. The molecule has 5 nitrogen and oxygen atoms in total. The molecule has 0 bridgehead atoms. The molecule has 2 aromatic carbocycles. The largest absolute Gasteiger partial charge is 0.331 e. The highest BCUT2D eigenvalue weighted by Gasteiger charge is 2.33. The minimum absolute atomic E-state index is 0.0588. The second kappa shape index (κ2) is 7.78. The minimum atomic E-state index is -3.68. The molecule has 1 fully saturated rings. The van der Waals surface area contributed by atoms with Gasteiger partial charge in [0, 0.05) is 24.2 Å². The highest BCUT2D eigenvalue weighted by molar-refractivity contribution is 7.89. The molecule has 27 heavy (non-hydrogen) atoms. The first-order valence-corrected chi connectivity index (χ1v) is 10.4. The lowest BCUT2D eigenvalue weighted by Crippen LogP contribution is -2.33. The number of nitrogens with one attached hydrogen (secondary N) is 1. The van der Waals surface area contributed by atoms with Gasteiger partial charge in [-0.1, -0.05) is 18.2 Å². The van der Waals surface area contributed by atoms with Crippen molar-refractivity contribution in [3.8, 4) is 0 Å². The molecule has 1 amide bonds. The third-order valence-corrected chi connectivity index (χ3v) is 5.93. The van der Waals surface area contributed by atoms with E-state index in [1.807, 2.05) is 0 Å². The van der Waals surface area contributed by atoms with Crippen molar-refractivity contribution in [1.82, 2.24) is 9.62 Å². The van der Waals surface area contributed by atoms with Crippen molar-refractivity contribution < 1.29 is 17.6 Å². The summed E-state index contributed by atoms with van der Waals surface area (Å²) in [6.45, 7) is 3.77. The molecule has 0 heterocycles. The average molecular weight is 390 g/mol. The normalized spacial score (nSPS) is 14.4. The number of amides is 1. The fourth-order valence-corrected chi connectivity index (χ4v) is 4.22. The lowest BCUT2D eigenvalue weighted by molar-refractivity contribution is 0.0729. The maximum atomic E-state index is 13.5. The standard InChI is InChI=1S/C20H23FN2O3S/c1-14(2)22-27(25,26)19-8-4-6-16(12-19)20(24)23(18-9-10-18)13-15-5-3-7-17(21)11-15/h3-8,11-12,14,18,22H,9-10,13H2,1-2H3. The van der Waals surface area contributed by atoms with E-state index in [0.717, 1.165) is 12.8 Å². The molecule has 0 saturated heterocycles. The summed E-state index contributed by atoms with van der Waals surface area (Å²) < 4.78 is 40.8. The monoisotopic (exact) mass is 390 g/mol. The zero-order valence-corrected chi connectivity index (χ0v) is 16.2. The molecule has 0 atom stereocenters. The molecule has 7 heteroatoms. The Morgan fingerprint density at radius 2 is 1.89 bits per heavy atom. The Morgan fingerprint density at radius 3 is 2.52 bits per heavy atom. The third-order valence-electron chi connectivity index (χ3n) is 4.27. The van der Waals surface area contributed by atoms with Crippen LogP contribution in [0.4, 0.5) is 4.39 Å². The van der Waals surface area contributed by atoms with Crippen molar-refractivity contribution in [1.29, 1.82) is 0 Å². The molecule has 0 aromatic heterocycles. The lowest BCUT2D eigenvalue weighted by atomic mass is 10.1. The first-order valence-electron chi connectivity index (χ1n) is 8.94. The number of carbonyl (C=O) groups is 1. The predicted octanol–water partition coefficient (Wildman–Crippen LogP) is 3.32. The van der Waals surface area contributed by atoms with Crippen LogP contribution in [-0.2, 0) is 16.6 Å². The summed E-state index contributed by atoms with van der Waals surface area (Å²) in [4.78, 5) is 14.8. The summed E-state index contributed by atoms with van der Waals surface area (Å²) in [7, 11) is -3.68. The van der Waals surface area contributed by atoms with Crippen LogP contribution in [0.1, 0.15) is 42.6 Å². The zero-order valence-electron chi connectivity index (χ0n) is 15.4. The number of halogens is 1. The number of nitrogens with zero attached hydrogens (tertiary/aromatic N) is 1. The van der Waals surface area contributed by atoms with Crippen LogP contribution in [0, 0.1) is 5.82 Å². The molecular weight excluding hydrogens is 367 g/mol. The number of carbonyl (C=O) groups excluding carboxylic acids is 1. The van der Waals surface area contributed by atoms with E-state index in [4.69, 9.17) is 0 Å². The molecule has 2 aromatic rings. The van der Waals surface area contributed by atoms with Gasteiger partial charge in [0.25, 0.3) is 5.91 Å². The summed E-state index contributed by atoms with van der Waals surface area (Å²) in [5.41, 5.74) is 1.02. The Balaban J connectivity index is 1.86. The number of sulfonamides is 1. The summed E-state index contributed by atoms with van der Waals surface area (Å²) in [6.07, 6.45) is 1.79. The van der Waals surface area contributed by atoms with E-state index in [2.05, 4.69) is 4.72 Å². The van der Waals surface area contributed by atoms with Gasteiger partial charge in [0.2, 0.25) is 10.0 Å². The molecule has 0 spiro atoms. The molecule has 0 aliphatic heterocycles. The fraction of sp³-hybridized carbons (Fsp3) is 0.350. The second-order valence-electron chi connectivity index (χ2n) is 7.10. The summed E-state index contributed by atoms with van der Waals surface area (Å²) in [5, 5.41) is 0. The Labute approximate surface area is 159 Å². The molecule has 0 unspecified atom stereocenters. The third kappa shape index (κ3) is 4.93. The average Bonchev–Trinajstić information content (AvgIpc) is 3.43. The van der Waals surface area contributed by atoms with Crippen molar-refractivity contribution in [3.63, 3.8) is 0 Å². The van der Waals surface area contributed by atoms with Crippen LogP contribution >= 0.6 is 0 Å². The van der Waals surface area contributed by atoms with Gasteiger partial charge in [-0.15, -0.1) is 0 Å². The van der Waals surface area contributed by atoms with Crippen LogP contribution in [0.15, 0.2) is 53.4 Å². The Bertz CT molecular complexity index is 940. The van der Waals surface area contributed by atoms with Crippen LogP contribution in [-0.4, -0.2) is 31.3 Å². The van der Waals surface area contributed by atoms with Gasteiger partial charge < -0.3 is 4.90 Å². The van der Waals surface area contributed by atoms with Crippen LogP contribution in [0.25, 0.3) is 0 Å². The lowest BCUT2D eigenvalue weighted by Gasteiger charge is -2.23. The predicted molar refractivity (Wildman–Crippen MR) is 101 cm³/mol. The van der Waals surface area contributed by atoms with E-state index in [1.54, 1.807) is 43.0 Å². The maximum absolute atomic E-state index is 13.5. The van der Waals surface area contributed by atoms with Gasteiger partial charge in [0.15, 0.2) is 0 Å².